The molecule has 4 heteroatoms. The number of nitrogens with two attached hydrogens (primary N) is 1. The molecule has 0 bridgehead atoms. The highest BCUT2D eigenvalue weighted by molar-refractivity contribution is 6.30. The first-order valence-electron chi connectivity index (χ1n) is 5.03. The summed E-state index contributed by atoms with van der Waals surface area (Å²) in [6.45, 7) is 2.31. The van der Waals surface area contributed by atoms with Crippen LogP contribution in [0.15, 0.2) is 36.0 Å². The molecule has 0 spiro atoms. The Kier molecular flexibility index (Phi) is 4.86. The van der Waals surface area contributed by atoms with Gasteiger partial charge in [0.2, 0.25) is 5.90 Å². The fraction of sp³-hybridized carbons (Fsp3) is 0.250. The summed E-state index contributed by atoms with van der Waals surface area (Å²) in [6.07, 6.45) is 2.12. The molecule has 0 heterocycles. The van der Waals surface area contributed by atoms with Crippen LogP contribution in [0.4, 0.5) is 0 Å². The predicted octanol–water partition coefficient (Wildman–Crippen LogP) is 2.74. The van der Waals surface area contributed by atoms with Gasteiger partial charge < -0.3 is 10.5 Å². The third-order valence-electron chi connectivity index (χ3n) is 1.94. The van der Waals surface area contributed by atoms with Crippen LogP contribution in [0.25, 0.3) is 0 Å². The van der Waals surface area contributed by atoms with Crippen molar-refractivity contribution in [2.24, 2.45) is 5.73 Å². The molecule has 0 fully saturated rings. The molecule has 0 aliphatic rings. The van der Waals surface area contributed by atoms with E-state index in [0.29, 0.717) is 23.7 Å². The summed E-state index contributed by atoms with van der Waals surface area (Å²) in [5.41, 5.74) is 7.44. The number of nitrogens with one attached hydrogen (secondary N) is 1. The minimum absolute atomic E-state index is 0.0916. The molecule has 3 nitrogen and oxygen atoms in total. The van der Waals surface area contributed by atoms with E-state index in [4.69, 9.17) is 27.5 Å². The second-order valence-corrected chi connectivity index (χ2v) is 3.76. The summed E-state index contributed by atoms with van der Waals surface area (Å²) in [4.78, 5) is 0. The van der Waals surface area contributed by atoms with Crippen LogP contribution in [0, 0.1) is 5.41 Å². The van der Waals surface area contributed by atoms with Gasteiger partial charge in [0.15, 0.2) is 0 Å². The van der Waals surface area contributed by atoms with E-state index >= 15 is 0 Å². The Hall–Kier alpha value is -1.48. The molecule has 0 aliphatic heterocycles. The maximum absolute atomic E-state index is 7.42. The van der Waals surface area contributed by atoms with Gasteiger partial charge in [0.25, 0.3) is 0 Å². The molecule has 1 rings (SSSR count). The largest absolute Gasteiger partial charge is 0.478 e. The average Bonchev–Trinajstić information content (AvgIpc) is 2.21. The number of halogens is 1. The molecule has 0 aliphatic carbocycles. The van der Waals surface area contributed by atoms with Crippen molar-refractivity contribution in [3.63, 3.8) is 0 Å². The van der Waals surface area contributed by atoms with Crippen molar-refractivity contribution in [3.05, 3.63) is 46.6 Å². The zero-order chi connectivity index (χ0) is 12.0. The molecular weight excluding hydrogens is 224 g/mol. The summed E-state index contributed by atoms with van der Waals surface area (Å²) in [7, 11) is 0. The van der Waals surface area contributed by atoms with Crippen molar-refractivity contribution in [1.82, 2.24) is 0 Å². The lowest BCUT2D eigenvalue weighted by molar-refractivity contribution is 0.327. The molecule has 0 saturated carbocycles. The third kappa shape index (κ3) is 4.36. The highest BCUT2D eigenvalue weighted by atomic mass is 35.5. The van der Waals surface area contributed by atoms with E-state index in [1.165, 1.54) is 6.08 Å². The first-order chi connectivity index (χ1) is 7.61. The van der Waals surface area contributed by atoms with E-state index in [1.807, 2.05) is 31.2 Å². The van der Waals surface area contributed by atoms with Crippen molar-refractivity contribution >= 4 is 17.5 Å². The number of hydrogen-bond donors (Lipinski definition) is 2. The van der Waals surface area contributed by atoms with E-state index in [-0.39, 0.29) is 5.90 Å². The summed E-state index contributed by atoms with van der Waals surface area (Å²) >= 11 is 5.77. The summed E-state index contributed by atoms with van der Waals surface area (Å²) in [5.74, 6) is 0.0916. The normalized spacial score (nSPS) is 11.2. The maximum atomic E-state index is 7.42. The molecule has 0 atom stereocenters. The number of benzene rings is 1. The summed E-state index contributed by atoms with van der Waals surface area (Å²) in [5, 5.41) is 8.12. The number of hydrogen-bond acceptors (Lipinski definition) is 3. The number of rotatable bonds is 4. The lowest BCUT2D eigenvalue weighted by atomic mass is 10.1. The van der Waals surface area contributed by atoms with Gasteiger partial charge in [-0.05, 0) is 24.6 Å². The Morgan fingerprint density at radius 1 is 1.44 bits per heavy atom. The lowest BCUT2D eigenvalue weighted by Gasteiger charge is -2.04. The lowest BCUT2D eigenvalue weighted by Crippen LogP contribution is -2.07. The van der Waals surface area contributed by atoms with Gasteiger partial charge in [0.05, 0.1) is 6.61 Å². The van der Waals surface area contributed by atoms with Crippen LogP contribution in [0.1, 0.15) is 12.5 Å². The third-order valence-corrected chi connectivity index (χ3v) is 2.19. The zero-order valence-electron chi connectivity index (χ0n) is 9.16. The van der Waals surface area contributed by atoms with Gasteiger partial charge in [0, 0.05) is 23.2 Å². The Morgan fingerprint density at radius 3 is 2.62 bits per heavy atom. The van der Waals surface area contributed by atoms with Crippen molar-refractivity contribution in [2.45, 2.75) is 13.3 Å². The van der Waals surface area contributed by atoms with Crippen molar-refractivity contribution < 1.29 is 4.74 Å². The van der Waals surface area contributed by atoms with Crippen LogP contribution in [0.3, 0.4) is 0 Å². The Morgan fingerprint density at radius 2 is 2.06 bits per heavy atom. The summed E-state index contributed by atoms with van der Waals surface area (Å²) in [6, 6.07) is 7.46. The Balaban J connectivity index is 2.60. The SMILES string of the molecule is CCOC(=N)/C=C(\N)Cc1ccc(Cl)cc1. The van der Waals surface area contributed by atoms with Crippen LogP contribution in [0.5, 0.6) is 0 Å². The molecule has 3 N–H and O–H groups in total. The molecule has 0 radical (unpaired) electrons. The number of allylic oxidation sites excluding steroid dienone is 1. The topological polar surface area (TPSA) is 59.1 Å². The van der Waals surface area contributed by atoms with Gasteiger partial charge in [-0.25, -0.2) is 0 Å². The van der Waals surface area contributed by atoms with Gasteiger partial charge in [0.1, 0.15) is 0 Å². The molecule has 0 amide bonds. The van der Waals surface area contributed by atoms with E-state index in [1.54, 1.807) is 0 Å². The Labute approximate surface area is 100 Å². The molecule has 1 aromatic carbocycles. The quantitative estimate of drug-likeness (QED) is 0.626. The second-order valence-electron chi connectivity index (χ2n) is 3.32. The van der Waals surface area contributed by atoms with Gasteiger partial charge >= 0.3 is 0 Å². The first kappa shape index (κ1) is 12.6. The van der Waals surface area contributed by atoms with Crippen molar-refractivity contribution in [3.8, 4) is 0 Å². The molecule has 0 unspecified atom stereocenters. The molecular formula is C12H15ClN2O. The number of ether oxygens (including phenoxy) is 1. The molecule has 0 saturated heterocycles. The highest BCUT2D eigenvalue weighted by Gasteiger charge is 1.98. The highest BCUT2D eigenvalue weighted by Crippen LogP contribution is 2.11. The van der Waals surface area contributed by atoms with Crippen LogP contribution < -0.4 is 5.73 Å². The van der Waals surface area contributed by atoms with Crippen LogP contribution in [-0.2, 0) is 11.2 Å². The van der Waals surface area contributed by atoms with Gasteiger partial charge in [-0.3, -0.25) is 5.41 Å². The van der Waals surface area contributed by atoms with Crippen LogP contribution in [-0.4, -0.2) is 12.5 Å². The van der Waals surface area contributed by atoms with E-state index in [2.05, 4.69) is 0 Å². The zero-order valence-corrected chi connectivity index (χ0v) is 9.92. The summed E-state index contributed by atoms with van der Waals surface area (Å²) < 4.78 is 4.98. The monoisotopic (exact) mass is 238 g/mol. The van der Waals surface area contributed by atoms with Crippen molar-refractivity contribution in [2.75, 3.05) is 6.61 Å². The van der Waals surface area contributed by atoms with E-state index in [0.717, 1.165) is 5.56 Å². The van der Waals surface area contributed by atoms with Crippen LogP contribution in [0.2, 0.25) is 5.02 Å². The molecule has 86 valence electrons. The van der Waals surface area contributed by atoms with Gasteiger partial charge in [-0.2, -0.15) is 0 Å². The predicted molar refractivity (Wildman–Crippen MR) is 66.8 cm³/mol. The molecule has 1 aromatic rings. The van der Waals surface area contributed by atoms with Crippen molar-refractivity contribution in [1.29, 1.82) is 5.41 Å². The first-order valence-corrected chi connectivity index (χ1v) is 5.41. The van der Waals surface area contributed by atoms with Gasteiger partial charge in [-0.15, -0.1) is 0 Å². The van der Waals surface area contributed by atoms with E-state index in [9.17, 15) is 0 Å². The van der Waals surface area contributed by atoms with Gasteiger partial charge in [-0.1, -0.05) is 23.7 Å². The van der Waals surface area contributed by atoms with E-state index < -0.39 is 0 Å². The standard InChI is InChI=1S/C12H15ClN2O/c1-2-16-12(15)8-11(14)7-9-3-5-10(13)6-4-9/h3-6,8,15H,2,7,14H2,1H3/b11-8-,15-12?. The van der Waals surface area contributed by atoms with Crippen LogP contribution >= 0.6 is 11.6 Å². The smallest absolute Gasteiger partial charge is 0.207 e. The minimum Gasteiger partial charge on any atom is -0.478 e. The fourth-order valence-corrected chi connectivity index (χ4v) is 1.38. The molecule has 16 heavy (non-hydrogen) atoms. The minimum atomic E-state index is 0.0916. The fourth-order valence-electron chi connectivity index (χ4n) is 1.25. The Bertz CT molecular complexity index is 385. The molecule has 0 aromatic heterocycles. The maximum Gasteiger partial charge on any atom is 0.207 e. The second kappa shape index (κ2) is 6.18. The average molecular weight is 239 g/mol.